The molecule has 0 radical (unpaired) electrons. The van der Waals surface area contributed by atoms with Crippen molar-refractivity contribution in [3.05, 3.63) is 0 Å². The Labute approximate surface area is 124 Å². The molecule has 0 rings (SSSR count). The molecule has 0 saturated carbocycles. The lowest BCUT2D eigenvalue weighted by Crippen LogP contribution is -2.41. The summed E-state index contributed by atoms with van der Waals surface area (Å²) >= 11 is 0. The molecule has 0 aliphatic rings. The first-order valence-electron chi connectivity index (χ1n) is 7.95. The van der Waals surface area contributed by atoms with Gasteiger partial charge in [-0.15, -0.1) is 0 Å². The van der Waals surface area contributed by atoms with Crippen molar-refractivity contribution < 1.29 is 9.59 Å². The molecule has 0 fully saturated rings. The molecule has 0 aromatic heterocycles. The number of unbranched alkanes of at least 4 members (excludes halogenated alkanes) is 5. The van der Waals surface area contributed by atoms with Crippen LogP contribution in [0, 0.1) is 0 Å². The minimum absolute atomic E-state index is 0.210. The van der Waals surface area contributed by atoms with Gasteiger partial charge in [0.05, 0.1) is 0 Å². The summed E-state index contributed by atoms with van der Waals surface area (Å²) in [6, 6.07) is 0.549. The highest BCUT2D eigenvalue weighted by molar-refractivity contribution is 5.76. The van der Waals surface area contributed by atoms with E-state index in [-0.39, 0.29) is 23.9 Å². The minimum atomic E-state index is -0.210. The molecule has 0 atom stereocenters. The van der Waals surface area contributed by atoms with Crippen molar-refractivity contribution in [2.45, 2.75) is 91.1 Å². The lowest BCUT2D eigenvalue weighted by atomic mass is 10.1. The van der Waals surface area contributed by atoms with E-state index in [9.17, 15) is 9.59 Å². The van der Waals surface area contributed by atoms with Crippen LogP contribution in [-0.2, 0) is 9.59 Å². The second-order valence-corrected chi connectivity index (χ2v) is 6.08. The Kier molecular flexibility index (Phi) is 10.1. The van der Waals surface area contributed by atoms with Crippen molar-refractivity contribution in [1.29, 1.82) is 0 Å². The molecule has 2 amide bonds. The van der Waals surface area contributed by atoms with Gasteiger partial charge in [-0.2, -0.15) is 0 Å². The normalized spacial score (nSPS) is 11.1. The molecule has 0 aromatic rings. The average molecular weight is 284 g/mol. The predicted molar refractivity (Wildman–Crippen MR) is 83.2 cm³/mol. The molecule has 20 heavy (non-hydrogen) atoms. The van der Waals surface area contributed by atoms with E-state index in [1.807, 2.05) is 4.90 Å². The van der Waals surface area contributed by atoms with Gasteiger partial charge in [0.25, 0.3) is 0 Å². The monoisotopic (exact) mass is 284 g/mol. The zero-order valence-electron chi connectivity index (χ0n) is 13.7. The standard InChI is InChI=1S/C16H32N2O2/c1-13(2)18(14(3)4)16(20)12-10-8-6-5-7-9-11-15(17)19/h13-14H,5-12H2,1-4H3,(H2,17,19). The molecule has 0 spiro atoms. The number of nitrogens with two attached hydrogens (primary N) is 1. The Balaban J connectivity index is 3.64. The lowest BCUT2D eigenvalue weighted by Gasteiger charge is -2.30. The van der Waals surface area contributed by atoms with Crippen LogP contribution in [0.3, 0.4) is 0 Å². The summed E-state index contributed by atoms with van der Waals surface area (Å²) in [7, 11) is 0. The van der Waals surface area contributed by atoms with Crippen LogP contribution >= 0.6 is 0 Å². The smallest absolute Gasteiger partial charge is 0.223 e. The summed E-state index contributed by atoms with van der Waals surface area (Å²) in [5, 5.41) is 0. The number of amides is 2. The zero-order chi connectivity index (χ0) is 15.5. The van der Waals surface area contributed by atoms with Gasteiger partial charge in [0.1, 0.15) is 0 Å². The van der Waals surface area contributed by atoms with E-state index in [1.54, 1.807) is 0 Å². The van der Waals surface area contributed by atoms with E-state index < -0.39 is 0 Å². The summed E-state index contributed by atoms with van der Waals surface area (Å²) < 4.78 is 0. The zero-order valence-corrected chi connectivity index (χ0v) is 13.7. The van der Waals surface area contributed by atoms with Crippen LogP contribution < -0.4 is 5.73 Å². The van der Waals surface area contributed by atoms with Gasteiger partial charge in [-0.05, 0) is 40.5 Å². The van der Waals surface area contributed by atoms with E-state index in [1.165, 1.54) is 0 Å². The lowest BCUT2D eigenvalue weighted by molar-refractivity contribution is -0.134. The third-order valence-electron chi connectivity index (χ3n) is 3.46. The predicted octanol–water partition coefficient (Wildman–Crippen LogP) is 3.24. The van der Waals surface area contributed by atoms with Gasteiger partial charge in [-0.3, -0.25) is 9.59 Å². The van der Waals surface area contributed by atoms with Gasteiger partial charge in [0, 0.05) is 24.9 Å². The molecule has 0 bridgehead atoms. The molecule has 118 valence electrons. The van der Waals surface area contributed by atoms with Crippen LogP contribution in [0.4, 0.5) is 0 Å². The van der Waals surface area contributed by atoms with Crippen molar-refractivity contribution in [3.8, 4) is 0 Å². The highest BCUT2D eigenvalue weighted by Gasteiger charge is 2.18. The number of nitrogens with zero attached hydrogens (tertiary/aromatic N) is 1. The first-order chi connectivity index (χ1) is 9.36. The maximum absolute atomic E-state index is 12.1. The fourth-order valence-corrected chi connectivity index (χ4v) is 2.58. The molecule has 0 aromatic carbocycles. The van der Waals surface area contributed by atoms with Crippen LogP contribution in [0.15, 0.2) is 0 Å². The maximum atomic E-state index is 12.1. The van der Waals surface area contributed by atoms with Gasteiger partial charge in [-0.25, -0.2) is 0 Å². The van der Waals surface area contributed by atoms with Gasteiger partial charge < -0.3 is 10.6 Å². The third-order valence-corrected chi connectivity index (χ3v) is 3.46. The second-order valence-electron chi connectivity index (χ2n) is 6.08. The minimum Gasteiger partial charge on any atom is -0.370 e. The van der Waals surface area contributed by atoms with Crippen LogP contribution in [0.2, 0.25) is 0 Å². The van der Waals surface area contributed by atoms with E-state index in [4.69, 9.17) is 5.73 Å². The van der Waals surface area contributed by atoms with Crippen molar-refractivity contribution >= 4 is 11.8 Å². The summed E-state index contributed by atoms with van der Waals surface area (Å²) in [4.78, 5) is 24.6. The molecule has 0 aliphatic heterocycles. The van der Waals surface area contributed by atoms with E-state index in [0.29, 0.717) is 12.8 Å². The summed E-state index contributed by atoms with van der Waals surface area (Å²) in [5.41, 5.74) is 5.08. The SMILES string of the molecule is CC(C)N(C(=O)CCCCCCCCC(N)=O)C(C)C. The van der Waals surface area contributed by atoms with Gasteiger partial charge in [0.2, 0.25) is 11.8 Å². The van der Waals surface area contributed by atoms with Crippen molar-refractivity contribution in [2.24, 2.45) is 5.73 Å². The molecule has 2 N–H and O–H groups in total. The second kappa shape index (κ2) is 10.7. The molecular formula is C16H32N2O2. The molecule has 0 heterocycles. The first-order valence-corrected chi connectivity index (χ1v) is 7.95. The van der Waals surface area contributed by atoms with Crippen LogP contribution in [-0.4, -0.2) is 28.8 Å². The molecule has 4 nitrogen and oxygen atoms in total. The average Bonchev–Trinajstić information content (AvgIpc) is 2.31. The van der Waals surface area contributed by atoms with Crippen molar-refractivity contribution in [1.82, 2.24) is 4.90 Å². The Morgan fingerprint density at radius 3 is 1.60 bits per heavy atom. The number of rotatable bonds is 11. The quantitative estimate of drug-likeness (QED) is 0.592. The van der Waals surface area contributed by atoms with Gasteiger partial charge >= 0.3 is 0 Å². The number of carbonyl (C=O) groups excluding carboxylic acids is 2. The van der Waals surface area contributed by atoms with Crippen molar-refractivity contribution in [2.75, 3.05) is 0 Å². The Bertz CT molecular complexity index is 280. The van der Waals surface area contributed by atoms with Gasteiger partial charge in [0.15, 0.2) is 0 Å². The van der Waals surface area contributed by atoms with Crippen LogP contribution in [0.25, 0.3) is 0 Å². The van der Waals surface area contributed by atoms with E-state index in [2.05, 4.69) is 27.7 Å². The topological polar surface area (TPSA) is 63.4 Å². The number of primary amides is 1. The van der Waals surface area contributed by atoms with Gasteiger partial charge in [-0.1, -0.05) is 25.7 Å². The fourth-order valence-electron chi connectivity index (χ4n) is 2.58. The number of carbonyl (C=O) groups is 2. The van der Waals surface area contributed by atoms with E-state index >= 15 is 0 Å². The fraction of sp³-hybridized carbons (Fsp3) is 0.875. The summed E-state index contributed by atoms with van der Waals surface area (Å²) in [6.45, 7) is 8.26. The number of hydrogen-bond acceptors (Lipinski definition) is 2. The van der Waals surface area contributed by atoms with E-state index in [0.717, 1.165) is 38.5 Å². The Morgan fingerprint density at radius 1 is 0.800 bits per heavy atom. The van der Waals surface area contributed by atoms with Crippen LogP contribution in [0.1, 0.15) is 79.1 Å². The molecule has 0 unspecified atom stereocenters. The van der Waals surface area contributed by atoms with Crippen molar-refractivity contribution in [3.63, 3.8) is 0 Å². The molecule has 0 saturated heterocycles. The molecular weight excluding hydrogens is 252 g/mol. The first kappa shape index (κ1) is 18.9. The van der Waals surface area contributed by atoms with Crippen LogP contribution in [0.5, 0.6) is 0 Å². The maximum Gasteiger partial charge on any atom is 0.223 e. The third kappa shape index (κ3) is 8.94. The Morgan fingerprint density at radius 2 is 1.20 bits per heavy atom. The highest BCUT2D eigenvalue weighted by Crippen LogP contribution is 2.12. The summed E-state index contributed by atoms with van der Waals surface area (Å²) in [6.07, 6.45) is 7.41. The number of hydrogen-bond donors (Lipinski definition) is 1. The molecule has 0 aliphatic carbocycles. The summed E-state index contributed by atoms with van der Waals surface area (Å²) in [5.74, 6) is 0.0572. The largest absolute Gasteiger partial charge is 0.370 e. The molecule has 4 heteroatoms. The Hall–Kier alpha value is -1.06. The highest BCUT2D eigenvalue weighted by atomic mass is 16.2.